The molecule has 0 unspecified atom stereocenters. The molecule has 2 nitrogen and oxygen atoms in total. The third kappa shape index (κ3) is 2.39. The first kappa shape index (κ1) is 16.6. The zero-order valence-corrected chi connectivity index (χ0v) is 16.8. The molecule has 0 bridgehead atoms. The Kier molecular flexibility index (Phi) is 3.18. The zero-order chi connectivity index (χ0) is 19.8. The van der Waals surface area contributed by atoms with Gasteiger partial charge in [-0.25, -0.2) is 0 Å². The fourth-order valence-electron chi connectivity index (χ4n) is 4.42. The Labute approximate surface area is 169 Å². The van der Waals surface area contributed by atoms with Crippen LogP contribution in [0.4, 0.5) is 0 Å². The lowest BCUT2D eigenvalue weighted by Gasteiger charge is -2.23. The molecule has 0 saturated heterocycles. The van der Waals surface area contributed by atoms with Crippen molar-refractivity contribution in [2.24, 2.45) is 0 Å². The van der Waals surface area contributed by atoms with E-state index in [4.69, 9.17) is 9.72 Å². The van der Waals surface area contributed by atoms with Gasteiger partial charge >= 0.3 is 0 Å². The summed E-state index contributed by atoms with van der Waals surface area (Å²) in [5.41, 5.74) is 3.51. The molecule has 5 aromatic rings. The molecule has 1 aliphatic rings. The quantitative estimate of drug-likeness (QED) is 0.255. The molecule has 2 heterocycles. The number of fused-ring (bicyclic) bond motifs is 5. The van der Waals surface area contributed by atoms with Crippen molar-refractivity contribution in [3.63, 3.8) is 0 Å². The molecule has 0 amide bonds. The molecule has 0 atom stereocenters. The van der Waals surface area contributed by atoms with Crippen molar-refractivity contribution < 1.29 is 4.74 Å². The second kappa shape index (κ2) is 5.57. The van der Waals surface area contributed by atoms with Crippen LogP contribution in [0, 0.1) is 0 Å². The van der Waals surface area contributed by atoms with E-state index in [2.05, 4.69) is 87.5 Å². The van der Waals surface area contributed by atoms with Gasteiger partial charge in [0.25, 0.3) is 0 Å². The van der Waals surface area contributed by atoms with Gasteiger partial charge in [-0.2, -0.15) is 0 Å². The Morgan fingerprint density at radius 2 is 1.48 bits per heavy atom. The summed E-state index contributed by atoms with van der Waals surface area (Å²) in [5.74, 6) is 1.77. The van der Waals surface area contributed by atoms with Crippen molar-refractivity contribution in [1.29, 1.82) is 0 Å². The van der Waals surface area contributed by atoms with Crippen LogP contribution in [0.1, 0.15) is 26.3 Å². The molecule has 0 N–H and O–H groups in total. The maximum Gasteiger partial charge on any atom is 0.138 e. The SMILES string of the molecule is CC(C)(C)c1ccc2cc3c4c(nccc4c2c1)-c1cc2ccccc2cc1O3. The molecule has 0 saturated carbocycles. The van der Waals surface area contributed by atoms with E-state index in [9.17, 15) is 0 Å². The fraction of sp³-hybridized carbons (Fsp3) is 0.148. The van der Waals surface area contributed by atoms with Crippen molar-refractivity contribution in [1.82, 2.24) is 4.98 Å². The van der Waals surface area contributed by atoms with Crippen LogP contribution in [0.2, 0.25) is 0 Å². The van der Waals surface area contributed by atoms with Crippen molar-refractivity contribution in [3.05, 3.63) is 78.5 Å². The van der Waals surface area contributed by atoms with Gasteiger partial charge in [0.15, 0.2) is 0 Å². The summed E-state index contributed by atoms with van der Waals surface area (Å²) in [5, 5.41) is 7.14. The summed E-state index contributed by atoms with van der Waals surface area (Å²) in [4.78, 5) is 4.78. The van der Waals surface area contributed by atoms with Crippen LogP contribution in [0.5, 0.6) is 11.5 Å². The van der Waals surface area contributed by atoms with Crippen LogP contribution in [-0.2, 0) is 5.41 Å². The van der Waals surface area contributed by atoms with Crippen LogP contribution in [0.25, 0.3) is 43.6 Å². The largest absolute Gasteiger partial charge is 0.456 e. The topological polar surface area (TPSA) is 22.1 Å². The van der Waals surface area contributed by atoms with Gasteiger partial charge in [-0.05, 0) is 68.2 Å². The van der Waals surface area contributed by atoms with Crippen LogP contribution in [0.15, 0.2) is 72.9 Å². The average Bonchev–Trinajstić information content (AvgIpc) is 2.72. The summed E-state index contributed by atoms with van der Waals surface area (Å²) in [6, 6.07) is 23.8. The average molecular weight is 375 g/mol. The molecule has 0 spiro atoms. The van der Waals surface area contributed by atoms with Crippen LogP contribution in [-0.4, -0.2) is 4.98 Å². The van der Waals surface area contributed by atoms with Gasteiger partial charge in [-0.15, -0.1) is 0 Å². The highest BCUT2D eigenvalue weighted by atomic mass is 16.5. The van der Waals surface area contributed by atoms with Gasteiger partial charge in [0.1, 0.15) is 11.5 Å². The number of benzene rings is 4. The highest BCUT2D eigenvalue weighted by Crippen LogP contribution is 2.48. The molecular formula is C27H21NO. The molecule has 6 rings (SSSR count). The Hall–Kier alpha value is -3.39. The van der Waals surface area contributed by atoms with E-state index >= 15 is 0 Å². The maximum absolute atomic E-state index is 6.42. The lowest BCUT2D eigenvalue weighted by Crippen LogP contribution is -2.10. The number of rotatable bonds is 0. The Bertz CT molecular complexity index is 1460. The van der Waals surface area contributed by atoms with Gasteiger partial charge in [0.05, 0.1) is 11.1 Å². The number of hydrogen-bond donors (Lipinski definition) is 0. The van der Waals surface area contributed by atoms with Gasteiger partial charge in [0.2, 0.25) is 0 Å². The lowest BCUT2D eigenvalue weighted by atomic mass is 9.85. The summed E-state index contributed by atoms with van der Waals surface area (Å²) in [6.45, 7) is 6.77. The minimum Gasteiger partial charge on any atom is -0.456 e. The van der Waals surface area contributed by atoms with E-state index in [-0.39, 0.29) is 5.41 Å². The normalized spacial score (nSPS) is 12.9. The second-order valence-corrected chi connectivity index (χ2v) is 8.94. The van der Waals surface area contributed by atoms with Crippen LogP contribution >= 0.6 is 0 Å². The summed E-state index contributed by atoms with van der Waals surface area (Å²) < 4.78 is 6.42. The van der Waals surface area contributed by atoms with E-state index in [0.29, 0.717) is 0 Å². The number of pyridine rings is 1. The molecule has 4 aromatic carbocycles. The number of aromatic nitrogens is 1. The number of ether oxygens (including phenoxy) is 1. The van der Waals surface area contributed by atoms with Gasteiger partial charge in [0, 0.05) is 11.8 Å². The molecule has 1 aromatic heterocycles. The molecular weight excluding hydrogens is 354 g/mol. The summed E-state index contributed by atoms with van der Waals surface area (Å²) >= 11 is 0. The maximum atomic E-state index is 6.42. The molecule has 29 heavy (non-hydrogen) atoms. The Morgan fingerprint density at radius 1 is 0.724 bits per heavy atom. The van der Waals surface area contributed by atoms with Crippen LogP contribution in [0.3, 0.4) is 0 Å². The summed E-state index contributed by atoms with van der Waals surface area (Å²) in [7, 11) is 0. The van der Waals surface area contributed by atoms with Crippen molar-refractivity contribution in [3.8, 4) is 22.8 Å². The Balaban J connectivity index is 1.72. The van der Waals surface area contributed by atoms with Crippen molar-refractivity contribution in [2.45, 2.75) is 26.2 Å². The monoisotopic (exact) mass is 375 g/mol. The van der Waals surface area contributed by atoms with Gasteiger partial charge in [-0.3, -0.25) is 4.98 Å². The molecule has 0 radical (unpaired) electrons. The zero-order valence-electron chi connectivity index (χ0n) is 16.8. The van der Waals surface area contributed by atoms with E-state index < -0.39 is 0 Å². The molecule has 0 fully saturated rings. The Morgan fingerprint density at radius 3 is 2.28 bits per heavy atom. The van der Waals surface area contributed by atoms with E-state index in [1.54, 1.807) is 0 Å². The highest BCUT2D eigenvalue weighted by molar-refractivity contribution is 6.16. The van der Waals surface area contributed by atoms with Gasteiger partial charge in [-0.1, -0.05) is 57.2 Å². The minimum absolute atomic E-state index is 0.105. The predicted molar refractivity (Wildman–Crippen MR) is 121 cm³/mol. The highest BCUT2D eigenvalue weighted by Gasteiger charge is 2.24. The minimum atomic E-state index is 0.105. The first-order valence-corrected chi connectivity index (χ1v) is 10.1. The third-order valence-electron chi connectivity index (χ3n) is 6.02. The second-order valence-electron chi connectivity index (χ2n) is 8.94. The third-order valence-corrected chi connectivity index (χ3v) is 6.02. The molecule has 0 aliphatic carbocycles. The predicted octanol–water partition coefficient (Wildman–Crippen LogP) is 7.61. The molecule has 2 heteroatoms. The summed E-state index contributed by atoms with van der Waals surface area (Å²) in [6.07, 6.45) is 1.93. The fourth-order valence-corrected chi connectivity index (χ4v) is 4.42. The number of nitrogens with zero attached hydrogens (tertiary/aromatic N) is 1. The van der Waals surface area contributed by atoms with Crippen molar-refractivity contribution in [2.75, 3.05) is 0 Å². The van der Waals surface area contributed by atoms with Gasteiger partial charge < -0.3 is 4.74 Å². The van der Waals surface area contributed by atoms with E-state index in [0.717, 1.165) is 28.1 Å². The van der Waals surface area contributed by atoms with E-state index in [1.165, 1.54) is 32.5 Å². The van der Waals surface area contributed by atoms with E-state index in [1.807, 2.05) is 6.20 Å². The first-order chi connectivity index (χ1) is 14.0. The first-order valence-electron chi connectivity index (χ1n) is 10.1. The standard InChI is InChI=1S/C27H21NO/c1-27(2,3)19-9-8-18-14-24-25-20(21(18)15-19)10-11-28-26(25)22-12-16-6-4-5-7-17(16)13-23(22)29-24/h4-15H,1-3H3. The lowest BCUT2D eigenvalue weighted by molar-refractivity contribution is 0.488. The molecule has 140 valence electrons. The molecule has 1 aliphatic heterocycles. The van der Waals surface area contributed by atoms with Crippen molar-refractivity contribution >= 4 is 32.3 Å². The number of hydrogen-bond acceptors (Lipinski definition) is 2. The smallest absolute Gasteiger partial charge is 0.138 e. The van der Waals surface area contributed by atoms with Crippen LogP contribution < -0.4 is 4.74 Å².